The van der Waals surface area contributed by atoms with Crippen LogP contribution in [-0.2, 0) is 0 Å². The molecule has 0 bridgehead atoms. The molecule has 4 nitrogen and oxygen atoms in total. The minimum atomic E-state index is 0.694. The molecule has 0 amide bonds. The molecule has 1 N–H and O–H groups in total. The number of H-pyrrole nitrogens is 1. The van der Waals surface area contributed by atoms with Crippen LogP contribution in [0.15, 0.2) is 53.0 Å². The van der Waals surface area contributed by atoms with Gasteiger partial charge in [-0.05, 0) is 24.3 Å². The third-order valence-corrected chi connectivity index (χ3v) is 3.62. The van der Waals surface area contributed by atoms with Crippen LogP contribution in [0, 0.1) is 0 Å². The number of benzene rings is 2. The Hall–Kier alpha value is -2.14. The van der Waals surface area contributed by atoms with Crippen molar-refractivity contribution in [3.05, 3.63) is 53.0 Å². The van der Waals surface area contributed by atoms with E-state index in [9.17, 15) is 0 Å². The van der Waals surface area contributed by atoms with Gasteiger partial charge in [-0.15, -0.1) is 0 Å². The van der Waals surface area contributed by atoms with Gasteiger partial charge in [-0.3, -0.25) is 5.10 Å². The van der Waals surface area contributed by atoms with E-state index in [4.69, 9.17) is 0 Å². The van der Waals surface area contributed by atoms with E-state index in [0.717, 1.165) is 26.9 Å². The lowest BCUT2D eigenvalue weighted by Crippen LogP contribution is -1.85. The third kappa shape index (κ3) is 1.66. The Morgan fingerprint density at radius 2 is 1.74 bits per heavy atom. The van der Waals surface area contributed by atoms with Gasteiger partial charge in [0.05, 0.1) is 11.0 Å². The Labute approximate surface area is 117 Å². The second kappa shape index (κ2) is 3.93. The fourth-order valence-corrected chi connectivity index (χ4v) is 2.43. The molecule has 4 rings (SSSR count). The van der Waals surface area contributed by atoms with Crippen LogP contribution in [0.5, 0.6) is 0 Å². The number of nitrogens with one attached hydrogen (secondary N) is 1. The van der Waals surface area contributed by atoms with Crippen LogP contribution in [0.4, 0.5) is 0 Å². The van der Waals surface area contributed by atoms with E-state index in [1.54, 1.807) is 0 Å². The molecule has 0 unspecified atom stereocenters. The van der Waals surface area contributed by atoms with Crippen molar-refractivity contribution >= 4 is 32.7 Å². The van der Waals surface area contributed by atoms with Gasteiger partial charge < -0.3 is 0 Å². The van der Waals surface area contributed by atoms with Crippen molar-refractivity contribution in [2.45, 2.75) is 0 Å². The first-order valence-electron chi connectivity index (χ1n) is 5.90. The Bertz CT molecular complexity index is 873. The molecule has 0 radical (unpaired) electrons. The van der Waals surface area contributed by atoms with Crippen molar-refractivity contribution in [1.82, 2.24) is 19.6 Å². The maximum absolute atomic E-state index is 4.53. The molecule has 2 aromatic carbocycles. The highest BCUT2D eigenvalue weighted by atomic mass is 79.9. The first kappa shape index (κ1) is 10.8. The number of aromatic nitrogens is 4. The molecule has 0 aliphatic rings. The van der Waals surface area contributed by atoms with Gasteiger partial charge in [0.2, 0.25) is 0 Å². The molecule has 0 fully saturated rings. The summed E-state index contributed by atoms with van der Waals surface area (Å²) in [7, 11) is 0. The van der Waals surface area contributed by atoms with Crippen molar-refractivity contribution < 1.29 is 0 Å². The van der Waals surface area contributed by atoms with E-state index in [-0.39, 0.29) is 0 Å². The molecular weight excluding hydrogens is 304 g/mol. The number of rotatable bonds is 1. The lowest BCUT2D eigenvalue weighted by atomic mass is 10.2. The predicted molar refractivity (Wildman–Crippen MR) is 78.0 cm³/mol. The van der Waals surface area contributed by atoms with Crippen LogP contribution in [0.2, 0.25) is 0 Å². The summed E-state index contributed by atoms with van der Waals surface area (Å²) in [5.41, 5.74) is 3.02. The van der Waals surface area contributed by atoms with Crippen LogP contribution >= 0.6 is 15.9 Å². The van der Waals surface area contributed by atoms with E-state index in [0.29, 0.717) is 5.78 Å². The highest BCUT2D eigenvalue weighted by Gasteiger charge is 2.09. The maximum Gasteiger partial charge on any atom is 0.252 e. The van der Waals surface area contributed by atoms with Gasteiger partial charge in [-0.2, -0.15) is 4.98 Å². The van der Waals surface area contributed by atoms with Crippen molar-refractivity contribution in [3.63, 3.8) is 0 Å². The van der Waals surface area contributed by atoms with Crippen molar-refractivity contribution in [1.29, 1.82) is 0 Å². The minimum Gasteiger partial charge on any atom is -0.274 e. The first-order valence-corrected chi connectivity index (χ1v) is 6.70. The summed E-state index contributed by atoms with van der Waals surface area (Å²) in [5.74, 6) is 1.51. The van der Waals surface area contributed by atoms with Crippen molar-refractivity contribution in [3.8, 4) is 11.4 Å². The van der Waals surface area contributed by atoms with Gasteiger partial charge in [0, 0.05) is 10.0 Å². The Balaban J connectivity index is 1.94. The van der Waals surface area contributed by atoms with E-state index in [2.05, 4.69) is 31.0 Å². The summed E-state index contributed by atoms with van der Waals surface area (Å²) in [6.07, 6.45) is 0. The van der Waals surface area contributed by atoms with Gasteiger partial charge in [0.1, 0.15) is 0 Å². The highest BCUT2D eigenvalue weighted by Crippen LogP contribution is 2.21. The molecular formula is C14H9BrN4. The zero-order valence-electron chi connectivity index (χ0n) is 9.84. The van der Waals surface area contributed by atoms with Crippen molar-refractivity contribution in [2.24, 2.45) is 0 Å². The van der Waals surface area contributed by atoms with Gasteiger partial charge in [-0.1, -0.05) is 40.2 Å². The van der Waals surface area contributed by atoms with Crippen LogP contribution in [0.3, 0.4) is 0 Å². The monoisotopic (exact) mass is 312 g/mol. The number of para-hydroxylation sites is 2. The molecule has 2 heterocycles. The highest BCUT2D eigenvalue weighted by molar-refractivity contribution is 9.10. The standard InChI is InChI=1S/C14H9BrN4/c15-10-7-5-9(6-8-10)13-17-14-16-11-3-1-2-4-12(11)19(14)18-13/h1-8H,(H,16,17,18). The van der Waals surface area contributed by atoms with Gasteiger partial charge in [-0.25, -0.2) is 9.50 Å². The Morgan fingerprint density at radius 1 is 0.947 bits per heavy atom. The molecule has 19 heavy (non-hydrogen) atoms. The van der Waals surface area contributed by atoms with E-state index < -0.39 is 0 Å². The van der Waals surface area contributed by atoms with Crippen LogP contribution in [-0.4, -0.2) is 19.6 Å². The summed E-state index contributed by atoms with van der Waals surface area (Å²) >= 11 is 3.43. The first-order chi connectivity index (χ1) is 9.31. The van der Waals surface area contributed by atoms with Gasteiger partial charge >= 0.3 is 0 Å². The third-order valence-electron chi connectivity index (χ3n) is 3.09. The minimum absolute atomic E-state index is 0.694. The topological polar surface area (TPSA) is 46.0 Å². The number of hydrogen-bond acceptors (Lipinski definition) is 2. The summed E-state index contributed by atoms with van der Waals surface area (Å²) < 4.78 is 2.96. The molecule has 0 atom stereocenters. The zero-order valence-corrected chi connectivity index (χ0v) is 11.4. The fourth-order valence-electron chi connectivity index (χ4n) is 2.17. The van der Waals surface area contributed by atoms with E-state index in [1.165, 1.54) is 0 Å². The smallest absolute Gasteiger partial charge is 0.252 e. The molecule has 0 aliphatic heterocycles. The molecule has 0 spiro atoms. The number of fused-ring (bicyclic) bond motifs is 3. The summed E-state index contributed by atoms with van der Waals surface area (Å²) in [4.78, 5) is 9.02. The van der Waals surface area contributed by atoms with Crippen LogP contribution < -0.4 is 0 Å². The molecule has 0 saturated carbocycles. The normalized spacial score (nSPS) is 11.4. The second-order valence-corrected chi connectivity index (χ2v) is 5.23. The number of hydrogen-bond donors (Lipinski definition) is 1. The Morgan fingerprint density at radius 3 is 2.58 bits per heavy atom. The lowest BCUT2D eigenvalue weighted by molar-refractivity contribution is 1.01. The van der Waals surface area contributed by atoms with Crippen LogP contribution in [0.25, 0.3) is 28.2 Å². The summed E-state index contributed by atoms with van der Waals surface area (Å²) in [6, 6.07) is 16.0. The molecule has 2 aromatic heterocycles. The summed E-state index contributed by atoms with van der Waals surface area (Å²) in [6.45, 7) is 0. The molecule has 0 saturated heterocycles. The van der Waals surface area contributed by atoms with E-state index >= 15 is 0 Å². The maximum atomic E-state index is 4.53. The fraction of sp³-hybridized carbons (Fsp3) is 0. The van der Waals surface area contributed by atoms with Gasteiger partial charge in [0.25, 0.3) is 5.78 Å². The van der Waals surface area contributed by atoms with Crippen molar-refractivity contribution in [2.75, 3.05) is 0 Å². The number of aromatic amines is 1. The number of nitrogens with zero attached hydrogens (tertiary/aromatic N) is 3. The largest absolute Gasteiger partial charge is 0.274 e. The average Bonchev–Trinajstić information content (AvgIpc) is 2.97. The quantitative estimate of drug-likeness (QED) is 0.583. The average molecular weight is 313 g/mol. The second-order valence-electron chi connectivity index (χ2n) is 4.32. The molecule has 5 heteroatoms. The number of imidazole rings is 1. The SMILES string of the molecule is Brc1ccc(-c2nc3nc4ccccc4n3[nH]2)cc1. The lowest BCUT2D eigenvalue weighted by Gasteiger charge is -1.96. The molecule has 92 valence electrons. The zero-order chi connectivity index (χ0) is 12.8. The van der Waals surface area contributed by atoms with E-state index in [1.807, 2.05) is 53.0 Å². The molecule has 4 aromatic rings. The number of halogens is 1. The Kier molecular flexibility index (Phi) is 2.22. The predicted octanol–water partition coefficient (Wildman–Crippen LogP) is 3.64. The van der Waals surface area contributed by atoms with Gasteiger partial charge in [0.15, 0.2) is 5.82 Å². The molecule has 0 aliphatic carbocycles. The van der Waals surface area contributed by atoms with Crippen LogP contribution in [0.1, 0.15) is 0 Å². The summed E-state index contributed by atoms with van der Waals surface area (Å²) in [5, 5.41) is 3.28.